The first-order chi connectivity index (χ1) is 9.16. The fraction of sp³-hybridized carbons (Fsp3) is 0.400. The van der Waals surface area contributed by atoms with Gasteiger partial charge in [0.25, 0.3) is 0 Å². The molecule has 0 spiro atoms. The number of oxazole rings is 1. The highest BCUT2D eigenvalue weighted by molar-refractivity contribution is 9.10. The van der Waals surface area contributed by atoms with Gasteiger partial charge in [0.2, 0.25) is 0 Å². The number of aromatic nitrogens is 1. The molecule has 0 radical (unpaired) electrons. The van der Waals surface area contributed by atoms with Crippen molar-refractivity contribution in [1.82, 2.24) is 10.3 Å². The molecule has 0 saturated heterocycles. The Kier molecular flexibility index (Phi) is 5.16. The minimum absolute atomic E-state index is 0.528. The Hall–Kier alpha value is -1.13. The highest BCUT2D eigenvalue weighted by Gasteiger charge is 2.08. The lowest BCUT2D eigenvalue weighted by Crippen LogP contribution is -2.23. The maximum absolute atomic E-state index is 5.79. The second kappa shape index (κ2) is 6.87. The summed E-state index contributed by atoms with van der Waals surface area (Å²) in [7, 11) is 0. The summed E-state index contributed by atoms with van der Waals surface area (Å²) in [4.78, 5) is 4.34. The van der Waals surface area contributed by atoms with Crippen molar-refractivity contribution in [2.24, 2.45) is 0 Å². The minimum atomic E-state index is 0.528. The molecule has 0 bridgehead atoms. The van der Waals surface area contributed by atoms with E-state index in [4.69, 9.17) is 4.42 Å². The van der Waals surface area contributed by atoms with Gasteiger partial charge in [0.15, 0.2) is 11.7 Å². The van der Waals surface area contributed by atoms with E-state index in [-0.39, 0.29) is 0 Å². The van der Waals surface area contributed by atoms with Crippen molar-refractivity contribution in [3.05, 3.63) is 40.8 Å². The van der Waals surface area contributed by atoms with Crippen LogP contribution in [0.4, 0.5) is 0 Å². The van der Waals surface area contributed by atoms with Gasteiger partial charge in [-0.2, -0.15) is 0 Å². The largest absolute Gasteiger partial charge is 0.441 e. The summed E-state index contributed by atoms with van der Waals surface area (Å²) >= 11 is 3.52. The van der Waals surface area contributed by atoms with Crippen LogP contribution in [0.1, 0.15) is 26.2 Å². The monoisotopic (exact) mass is 322 g/mol. The van der Waals surface area contributed by atoms with Crippen LogP contribution in [0.25, 0.3) is 11.3 Å². The van der Waals surface area contributed by atoms with Crippen molar-refractivity contribution in [3.63, 3.8) is 0 Å². The van der Waals surface area contributed by atoms with Gasteiger partial charge < -0.3 is 9.73 Å². The average molecular weight is 323 g/mol. The fourth-order valence-corrected chi connectivity index (χ4v) is 2.32. The predicted octanol–water partition coefficient (Wildman–Crippen LogP) is 4.03. The summed E-state index contributed by atoms with van der Waals surface area (Å²) in [6.45, 7) is 5.29. The zero-order valence-corrected chi connectivity index (χ0v) is 12.9. The van der Waals surface area contributed by atoms with Crippen LogP contribution in [0.5, 0.6) is 0 Å². The first kappa shape index (κ1) is 14.3. The molecular formula is C15H19BrN2O. The van der Waals surface area contributed by atoms with Gasteiger partial charge in [-0.15, -0.1) is 0 Å². The predicted molar refractivity (Wildman–Crippen MR) is 81.1 cm³/mol. The zero-order valence-electron chi connectivity index (χ0n) is 11.3. The molecule has 2 aromatic rings. The quantitative estimate of drug-likeness (QED) is 0.816. The Bertz CT molecular complexity index is 522. The molecule has 0 amide bonds. The Morgan fingerprint density at radius 1 is 1.32 bits per heavy atom. The lowest BCUT2D eigenvalue weighted by atomic mass is 10.2. The first-order valence-electron chi connectivity index (χ1n) is 6.60. The second-order valence-corrected chi connectivity index (χ2v) is 5.66. The van der Waals surface area contributed by atoms with Crippen molar-refractivity contribution >= 4 is 15.9 Å². The van der Waals surface area contributed by atoms with Crippen LogP contribution in [0.15, 0.2) is 39.4 Å². The molecule has 0 atom stereocenters. The summed E-state index contributed by atoms with van der Waals surface area (Å²) in [5.74, 6) is 1.62. The van der Waals surface area contributed by atoms with Gasteiger partial charge >= 0.3 is 0 Å². The number of hydrogen-bond donors (Lipinski definition) is 1. The first-order valence-corrected chi connectivity index (χ1v) is 7.39. The molecule has 0 aliphatic heterocycles. The molecular weight excluding hydrogens is 304 g/mol. The van der Waals surface area contributed by atoms with Crippen molar-refractivity contribution in [3.8, 4) is 11.3 Å². The van der Waals surface area contributed by atoms with Crippen LogP contribution >= 0.6 is 15.9 Å². The molecule has 1 heterocycles. The highest BCUT2D eigenvalue weighted by Crippen LogP contribution is 2.28. The lowest BCUT2D eigenvalue weighted by molar-refractivity contribution is 0.484. The molecule has 0 saturated carbocycles. The number of halogens is 1. The lowest BCUT2D eigenvalue weighted by Gasteiger charge is -2.06. The molecule has 102 valence electrons. The molecule has 0 fully saturated rings. The van der Waals surface area contributed by atoms with Crippen molar-refractivity contribution < 1.29 is 4.42 Å². The van der Waals surface area contributed by atoms with E-state index < -0.39 is 0 Å². The minimum Gasteiger partial charge on any atom is -0.441 e. The average Bonchev–Trinajstić information content (AvgIpc) is 2.83. The maximum atomic E-state index is 5.79. The van der Waals surface area contributed by atoms with Gasteiger partial charge in [-0.3, -0.25) is 0 Å². The number of rotatable bonds is 6. The smallest absolute Gasteiger partial charge is 0.194 e. The SMILES string of the molecule is CC(C)NCCCc1ncc(-c2ccccc2Br)o1. The molecule has 0 aliphatic carbocycles. The molecule has 3 nitrogen and oxygen atoms in total. The van der Waals surface area contributed by atoms with E-state index in [0.717, 1.165) is 41.1 Å². The van der Waals surface area contributed by atoms with Crippen LogP contribution < -0.4 is 5.32 Å². The van der Waals surface area contributed by atoms with Gasteiger partial charge in [-0.05, 0) is 19.0 Å². The number of hydrogen-bond acceptors (Lipinski definition) is 3. The molecule has 1 aromatic carbocycles. The van der Waals surface area contributed by atoms with E-state index in [2.05, 4.69) is 40.1 Å². The maximum Gasteiger partial charge on any atom is 0.194 e. The molecule has 4 heteroatoms. The van der Waals surface area contributed by atoms with E-state index in [1.165, 1.54) is 0 Å². The van der Waals surface area contributed by atoms with E-state index in [9.17, 15) is 0 Å². The summed E-state index contributed by atoms with van der Waals surface area (Å²) in [6, 6.07) is 8.54. The van der Waals surface area contributed by atoms with Crippen molar-refractivity contribution in [2.45, 2.75) is 32.7 Å². The van der Waals surface area contributed by atoms with Gasteiger partial charge in [0, 0.05) is 22.5 Å². The van der Waals surface area contributed by atoms with Crippen LogP contribution in [0.2, 0.25) is 0 Å². The van der Waals surface area contributed by atoms with Crippen molar-refractivity contribution in [1.29, 1.82) is 0 Å². The third-order valence-electron chi connectivity index (χ3n) is 2.81. The Morgan fingerprint density at radius 2 is 2.11 bits per heavy atom. The van der Waals surface area contributed by atoms with Crippen LogP contribution in [-0.2, 0) is 6.42 Å². The Balaban J connectivity index is 1.94. The second-order valence-electron chi connectivity index (χ2n) is 4.81. The van der Waals surface area contributed by atoms with Crippen LogP contribution in [0, 0.1) is 0 Å². The molecule has 19 heavy (non-hydrogen) atoms. The summed E-state index contributed by atoms with van der Waals surface area (Å²) < 4.78 is 6.82. The van der Waals surface area contributed by atoms with E-state index in [1.54, 1.807) is 6.20 Å². The number of aryl methyl sites for hydroxylation is 1. The zero-order chi connectivity index (χ0) is 13.7. The highest BCUT2D eigenvalue weighted by atomic mass is 79.9. The summed E-state index contributed by atoms with van der Waals surface area (Å²) in [5, 5.41) is 3.39. The van der Waals surface area contributed by atoms with Gasteiger partial charge in [0.05, 0.1) is 6.20 Å². The standard InChI is InChI=1S/C15H19BrN2O/c1-11(2)17-9-5-8-15-18-10-14(19-15)12-6-3-4-7-13(12)16/h3-4,6-7,10-11,17H,5,8-9H2,1-2H3. The normalized spacial score (nSPS) is 11.2. The topological polar surface area (TPSA) is 38.1 Å². The Morgan fingerprint density at radius 3 is 2.84 bits per heavy atom. The third-order valence-corrected chi connectivity index (χ3v) is 3.50. The van der Waals surface area contributed by atoms with Crippen LogP contribution in [0.3, 0.4) is 0 Å². The number of nitrogens with one attached hydrogen (secondary N) is 1. The molecule has 0 aliphatic rings. The van der Waals surface area contributed by atoms with E-state index >= 15 is 0 Å². The summed E-state index contributed by atoms with van der Waals surface area (Å²) in [6.07, 6.45) is 3.70. The van der Waals surface area contributed by atoms with Gasteiger partial charge in [0.1, 0.15) is 0 Å². The number of benzene rings is 1. The molecule has 1 N–H and O–H groups in total. The van der Waals surface area contributed by atoms with Crippen molar-refractivity contribution in [2.75, 3.05) is 6.54 Å². The van der Waals surface area contributed by atoms with E-state index in [1.807, 2.05) is 24.3 Å². The van der Waals surface area contributed by atoms with Crippen LogP contribution in [-0.4, -0.2) is 17.6 Å². The third kappa shape index (κ3) is 4.18. The number of nitrogens with zero attached hydrogens (tertiary/aromatic N) is 1. The van der Waals surface area contributed by atoms with Gasteiger partial charge in [-0.25, -0.2) is 4.98 Å². The molecule has 0 unspecified atom stereocenters. The Labute approximate surface area is 122 Å². The molecule has 2 rings (SSSR count). The summed E-state index contributed by atoms with van der Waals surface area (Å²) in [5.41, 5.74) is 1.04. The van der Waals surface area contributed by atoms with Gasteiger partial charge in [-0.1, -0.05) is 48.0 Å². The molecule has 1 aromatic heterocycles. The van der Waals surface area contributed by atoms with E-state index in [0.29, 0.717) is 6.04 Å². The fourth-order valence-electron chi connectivity index (χ4n) is 1.84.